The molecule has 0 radical (unpaired) electrons. The van der Waals surface area contributed by atoms with E-state index < -0.39 is 24.4 Å². The van der Waals surface area contributed by atoms with Crippen LogP contribution in [0.3, 0.4) is 0 Å². The summed E-state index contributed by atoms with van der Waals surface area (Å²) in [5.74, 6) is -0.987. The van der Waals surface area contributed by atoms with Crippen LogP contribution in [-0.2, 0) is 14.3 Å². The highest BCUT2D eigenvalue weighted by Gasteiger charge is 2.19. The van der Waals surface area contributed by atoms with Crippen LogP contribution < -0.4 is 10.1 Å². The van der Waals surface area contributed by atoms with Crippen LogP contribution in [0.5, 0.6) is 11.5 Å². The first-order chi connectivity index (χ1) is 15.4. The number of halogens is 1. The molecule has 32 heavy (non-hydrogen) atoms. The van der Waals surface area contributed by atoms with Gasteiger partial charge in [-0.25, -0.2) is 4.79 Å². The molecule has 8 nitrogen and oxygen atoms in total. The van der Waals surface area contributed by atoms with E-state index in [0.717, 1.165) is 4.90 Å². The number of amides is 2. The zero-order chi connectivity index (χ0) is 22.9. The molecule has 0 aliphatic rings. The molecule has 1 heterocycles. The van der Waals surface area contributed by atoms with Gasteiger partial charge >= 0.3 is 5.97 Å². The monoisotopic (exact) mass is 453 g/mol. The summed E-state index contributed by atoms with van der Waals surface area (Å²) in [5, 5.41) is 3.01. The number of esters is 1. The van der Waals surface area contributed by atoms with E-state index in [0.29, 0.717) is 16.5 Å². The highest BCUT2D eigenvalue weighted by atomic mass is 35.5. The average molecular weight is 454 g/mol. The number of rotatable bonds is 8. The fourth-order valence-corrected chi connectivity index (χ4v) is 2.81. The summed E-state index contributed by atoms with van der Waals surface area (Å²) in [6.45, 7) is -0.766. The van der Waals surface area contributed by atoms with Gasteiger partial charge in [-0.3, -0.25) is 14.6 Å². The Labute approximate surface area is 189 Å². The molecule has 0 unspecified atom stereocenters. The van der Waals surface area contributed by atoms with Gasteiger partial charge < -0.3 is 19.7 Å². The third kappa shape index (κ3) is 6.29. The van der Waals surface area contributed by atoms with Gasteiger partial charge in [-0.05, 0) is 36.4 Å². The van der Waals surface area contributed by atoms with Crippen molar-refractivity contribution in [2.75, 3.05) is 25.5 Å². The topological polar surface area (TPSA) is 97.8 Å². The molecule has 2 amide bonds. The van der Waals surface area contributed by atoms with E-state index in [9.17, 15) is 14.4 Å². The van der Waals surface area contributed by atoms with E-state index in [4.69, 9.17) is 21.1 Å². The first-order valence-electron chi connectivity index (χ1n) is 9.56. The normalized spacial score (nSPS) is 10.2. The lowest BCUT2D eigenvalue weighted by molar-refractivity contribution is -0.136. The van der Waals surface area contributed by atoms with Crippen LogP contribution in [0.25, 0.3) is 0 Å². The highest BCUT2D eigenvalue weighted by Crippen LogP contribution is 2.25. The lowest BCUT2D eigenvalue weighted by Gasteiger charge is -2.17. The number of pyridine rings is 1. The summed E-state index contributed by atoms with van der Waals surface area (Å²) in [7, 11) is 1.43. The summed E-state index contributed by atoms with van der Waals surface area (Å²) in [6.07, 6.45) is 3.11. The highest BCUT2D eigenvalue weighted by molar-refractivity contribution is 6.33. The number of anilines is 1. The van der Waals surface area contributed by atoms with E-state index in [2.05, 4.69) is 10.3 Å². The number of nitrogens with one attached hydrogen (secondary N) is 1. The Kier molecular flexibility index (Phi) is 7.77. The van der Waals surface area contributed by atoms with E-state index in [1.54, 1.807) is 60.8 Å². The van der Waals surface area contributed by atoms with Crippen LogP contribution in [0.2, 0.25) is 5.02 Å². The summed E-state index contributed by atoms with van der Waals surface area (Å²) in [4.78, 5) is 42.1. The zero-order valence-electron chi connectivity index (χ0n) is 17.2. The Balaban J connectivity index is 1.54. The van der Waals surface area contributed by atoms with Crippen molar-refractivity contribution < 1.29 is 23.9 Å². The summed E-state index contributed by atoms with van der Waals surface area (Å²) < 4.78 is 10.8. The fourth-order valence-electron chi connectivity index (χ4n) is 2.63. The number of aromatic nitrogens is 1. The number of hydrogen-bond donors (Lipinski definition) is 1. The minimum Gasteiger partial charge on any atom is -0.455 e. The number of ether oxygens (including phenoxy) is 2. The van der Waals surface area contributed by atoms with Gasteiger partial charge in [-0.15, -0.1) is 0 Å². The van der Waals surface area contributed by atoms with Crippen molar-refractivity contribution in [3.8, 4) is 11.5 Å². The maximum atomic E-state index is 12.5. The van der Waals surface area contributed by atoms with Crippen molar-refractivity contribution in [1.82, 2.24) is 9.88 Å². The Morgan fingerprint density at radius 1 is 1.03 bits per heavy atom. The van der Waals surface area contributed by atoms with Gasteiger partial charge in [0.2, 0.25) is 5.91 Å². The number of para-hydroxylation sites is 2. The second kappa shape index (κ2) is 10.9. The summed E-state index contributed by atoms with van der Waals surface area (Å²) in [6, 6.07) is 16.6. The second-order valence-electron chi connectivity index (χ2n) is 6.64. The number of hydrogen-bond acceptors (Lipinski definition) is 6. The van der Waals surface area contributed by atoms with E-state index >= 15 is 0 Å². The first kappa shape index (κ1) is 22.8. The van der Waals surface area contributed by atoms with Gasteiger partial charge in [-0.2, -0.15) is 0 Å². The number of carbonyl (C=O) groups excluding carboxylic acids is 3. The van der Waals surface area contributed by atoms with Crippen molar-refractivity contribution in [1.29, 1.82) is 0 Å². The van der Waals surface area contributed by atoms with Gasteiger partial charge in [0.1, 0.15) is 17.1 Å². The number of benzene rings is 2. The maximum absolute atomic E-state index is 12.5. The molecular weight excluding hydrogens is 434 g/mol. The Hall–Kier alpha value is -3.91. The van der Waals surface area contributed by atoms with E-state index in [1.807, 2.05) is 0 Å². The molecule has 0 aliphatic heterocycles. The Morgan fingerprint density at radius 3 is 2.53 bits per heavy atom. The summed E-state index contributed by atoms with van der Waals surface area (Å²) in [5.41, 5.74) is 0.597. The molecule has 3 rings (SSSR count). The van der Waals surface area contributed by atoms with Crippen LogP contribution in [0.15, 0.2) is 73.1 Å². The molecule has 1 N–H and O–H groups in total. The molecule has 0 saturated carbocycles. The molecule has 0 bridgehead atoms. The lowest BCUT2D eigenvalue weighted by atomic mass is 10.2. The SMILES string of the molecule is CN(CC(=O)Nc1ccccc1Cl)C(=O)COC(=O)c1ccccc1Oc1cccnc1. The Bertz CT molecular complexity index is 1110. The van der Waals surface area contributed by atoms with Crippen molar-refractivity contribution in [3.63, 3.8) is 0 Å². The van der Waals surface area contributed by atoms with Gasteiger partial charge in [0.25, 0.3) is 5.91 Å². The molecule has 1 aromatic heterocycles. The molecule has 0 atom stereocenters. The molecule has 2 aromatic carbocycles. The van der Waals surface area contributed by atoms with Gasteiger partial charge in [0.15, 0.2) is 6.61 Å². The molecule has 0 spiro atoms. The van der Waals surface area contributed by atoms with Crippen LogP contribution in [0.4, 0.5) is 5.69 Å². The Morgan fingerprint density at radius 2 is 1.78 bits per heavy atom. The molecule has 0 fully saturated rings. The smallest absolute Gasteiger partial charge is 0.342 e. The molecule has 3 aromatic rings. The van der Waals surface area contributed by atoms with Crippen molar-refractivity contribution >= 4 is 35.1 Å². The largest absolute Gasteiger partial charge is 0.455 e. The standard InChI is InChI=1S/C23H20ClN3O5/c1-27(14-21(28)26-19-10-4-3-9-18(19)24)22(29)15-31-23(30)17-8-2-5-11-20(17)32-16-7-6-12-25-13-16/h2-13H,14-15H2,1H3,(H,26,28). The van der Waals surface area contributed by atoms with Gasteiger partial charge in [0, 0.05) is 13.2 Å². The van der Waals surface area contributed by atoms with Crippen LogP contribution >= 0.6 is 11.6 Å². The van der Waals surface area contributed by atoms with Crippen LogP contribution in [-0.4, -0.2) is 47.9 Å². The number of carbonyl (C=O) groups is 3. The van der Waals surface area contributed by atoms with Crippen LogP contribution in [0, 0.1) is 0 Å². The molecule has 0 aliphatic carbocycles. The quantitative estimate of drug-likeness (QED) is 0.521. The van der Waals surface area contributed by atoms with Crippen molar-refractivity contribution in [3.05, 3.63) is 83.6 Å². The predicted octanol–water partition coefficient (Wildman–Crippen LogP) is 3.78. The van der Waals surface area contributed by atoms with Crippen molar-refractivity contribution in [2.45, 2.75) is 0 Å². The fraction of sp³-hybridized carbons (Fsp3) is 0.130. The molecule has 9 heteroatoms. The second-order valence-corrected chi connectivity index (χ2v) is 7.05. The molecule has 164 valence electrons. The third-order valence-corrected chi connectivity index (χ3v) is 4.58. The number of likely N-dealkylation sites (N-methyl/N-ethyl adjacent to an activating group) is 1. The third-order valence-electron chi connectivity index (χ3n) is 4.25. The van der Waals surface area contributed by atoms with Crippen molar-refractivity contribution in [2.24, 2.45) is 0 Å². The summed E-state index contributed by atoms with van der Waals surface area (Å²) >= 11 is 6.01. The minimum absolute atomic E-state index is 0.156. The zero-order valence-corrected chi connectivity index (χ0v) is 17.9. The molecular formula is C23H20ClN3O5. The maximum Gasteiger partial charge on any atom is 0.342 e. The van der Waals surface area contributed by atoms with E-state index in [-0.39, 0.29) is 17.9 Å². The van der Waals surface area contributed by atoms with E-state index in [1.165, 1.54) is 19.3 Å². The first-order valence-corrected chi connectivity index (χ1v) is 9.94. The lowest BCUT2D eigenvalue weighted by Crippen LogP contribution is -2.37. The van der Waals surface area contributed by atoms with Gasteiger partial charge in [-0.1, -0.05) is 35.9 Å². The average Bonchev–Trinajstić information content (AvgIpc) is 2.79. The predicted molar refractivity (Wildman–Crippen MR) is 119 cm³/mol. The van der Waals surface area contributed by atoms with Gasteiger partial charge in [0.05, 0.1) is 23.5 Å². The van der Waals surface area contributed by atoms with Crippen LogP contribution in [0.1, 0.15) is 10.4 Å². The number of nitrogens with zero attached hydrogens (tertiary/aromatic N) is 2. The minimum atomic E-state index is -0.730. The molecule has 0 saturated heterocycles.